The van der Waals surface area contributed by atoms with E-state index in [0.717, 1.165) is 19.3 Å². The zero-order valence-electron chi connectivity index (χ0n) is 20.2. The number of rotatable bonds is 7. The number of likely N-dealkylation sites (tertiary alicyclic amines) is 1. The van der Waals surface area contributed by atoms with E-state index in [1.54, 1.807) is 9.80 Å². The second-order valence-corrected chi connectivity index (χ2v) is 9.97. The van der Waals surface area contributed by atoms with Crippen molar-refractivity contribution in [3.63, 3.8) is 0 Å². The molecule has 2 unspecified atom stereocenters. The molecule has 0 saturated carbocycles. The Morgan fingerprint density at radius 3 is 2.42 bits per heavy atom. The van der Waals surface area contributed by atoms with Crippen LogP contribution in [0, 0.1) is 11.8 Å². The van der Waals surface area contributed by atoms with Crippen LogP contribution in [0.15, 0.2) is 24.3 Å². The van der Waals surface area contributed by atoms with E-state index in [0.29, 0.717) is 19.6 Å². The number of amides is 3. The third kappa shape index (κ3) is 3.53. The van der Waals surface area contributed by atoms with E-state index in [2.05, 4.69) is 6.92 Å². The van der Waals surface area contributed by atoms with E-state index in [1.807, 2.05) is 45.1 Å². The lowest BCUT2D eigenvalue weighted by Gasteiger charge is -2.38. The average molecular weight is 460 g/mol. The molecule has 8 nitrogen and oxygen atoms in total. The van der Waals surface area contributed by atoms with Gasteiger partial charge in [0.25, 0.3) is 0 Å². The fraction of sp³-hybridized carbons (Fsp3) is 0.720. The molecule has 1 spiro atoms. The van der Waals surface area contributed by atoms with Crippen molar-refractivity contribution in [3.05, 3.63) is 24.3 Å². The van der Waals surface area contributed by atoms with Crippen LogP contribution in [0.25, 0.3) is 0 Å². The van der Waals surface area contributed by atoms with Crippen LogP contribution in [0.3, 0.4) is 0 Å². The van der Waals surface area contributed by atoms with Gasteiger partial charge in [-0.05, 0) is 26.7 Å². The van der Waals surface area contributed by atoms with Crippen LogP contribution in [0.4, 0.5) is 0 Å². The van der Waals surface area contributed by atoms with Gasteiger partial charge in [0.15, 0.2) is 0 Å². The summed E-state index contributed by atoms with van der Waals surface area (Å²) in [5.41, 5.74) is -2.23. The molecule has 0 bridgehead atoms. The number of hydrogen-bond acceptors (Lipinski definition) is 5. The topological polar surface area (TPSA) is 90.4 Å². The quantitative estimate of drug-likeness (QED) is 0.581. The van der Waals surface area contributed by atoms with E-state index in [4.69, 9.17) is 4.74 Å². The molecule has 4 rings (SSSR count). The molecule has 0 aliphatic carbocycles. The maximum Gasteiger partial charge on any atom is 0.249 e. The first kappa shape index (κ1) is 24.0. The van der Waals surface area contributed by atoms with Crippen molar-refractivity contribution in [2.45, 2.75) is 70.2 Å². The first-order chi connectivity index (χ1) is 15.8. The molecular weight excluding hydrogens is 422 g/mol. The summed E-state index contributed by atoms with van der Waals surface area (Å²) in [6, 6.07) is -0.888. The molecule has 0 aromatic carbocycles. The van der Waals surface area contributed by atoms with E-state index in [9.17, 15) is 19.5 Å². The van der Waals surface area contributed by atoms with Gasteiger partial charge in [-0.2, -0.15) is 0 Å². The lowest BCUT2D eigenvalue weighted by atomic mass is 9.74. The molecule has 8 heteroatoms. The number of nitrogens with zero attached hydrogens (tertiary/aromatic N) is 3. The number of β-amino-alcohol motifs (C(OH)–C–C–N with tert-alkyl or cyclic N) is 1. The maximum atomic E-state index is 14.0. The van der Waals surface area contributed by atoms with Crippen molar-refractivity contribution in [1.29, 1.82) is 0 Å². The molecule has 2 fully saturated rings. The fourth-order valence-electron chi connectivity index (χ4n) is 6.38. The van der Waals surface area contributed by atoms with Crippen molar-refractivity contribution in [1.82, 2.24) is 14.7 Å². The molecule has 4 aliphatic rings. The smallest absolute Gasteiger partial charge is 0.249 e. The van der Waals surface area contributed by atoms with Crippen LogP contribution in [0.1, 0.15) is 47.0 Å². The maximum absolute atomic E-state index is 14.0. The summed E-state index contributed by atoms with van der Waals surface area (Å²) in [6.45, 7) is 9.27. The molecule has 1 N–H and O–H groups in total. The fourth-order valence-corrected chi connectivity index (χ4v) is 6.38. The molecule has 182 valence electrons. The lowest BCUT2D eigenvalue weighted by molar-refractivity contribution is -0.154. The van der Waals surface area contributed by atoms with Crippen LogP contribution >= 0.6 is 0 Å². The summed E-state index contributed by atoms with van der Waals surface area (Å²) in [6.07, 6.45) is 10.2. The minimum Gasteiger partial charge on any atom is -0.395 e. The highest BCUT2D eigenvalue weighted by molar-refractivity contribution is 6.00. The van der Waals surface area contributed by atoms with E-state index >= 15 is 0 Å². The van der Waals surface area contributed by atoms with E-state index in [-0.39, 0.29) is 36.9 Å². The van der Waals surface area contributed by atoms with E-state index < -0.39 is 29.1 Å². The first-order valence-corrected chi connectivity index (χ1v) is 12.3. The Morgan fingerprint density at radius 1 is 1.03 bits per heavy atom. The second kappa shape index (κ2) is 8.87. The number of aliphatic hydroxyl groups is 1. The zero-order valence-corrected chi connectivity index (χ0v) is 20.2. The van der Waals surface area contributed by atoms with Crippen LogP contribution < -0.4 is 0 Å². The molecule has 4 heterocycles. The summed E-state index contributed by atoms with van der Waals surface area (Å²) in [5.74, 6) is -2.10. The van der Waals surface area contributed by atoms with Crippen molar-refractivity contribution in [3.8, 4) is 0 Å². The summed E-state index contributed by atoms with van der Waals surface area (Å²) >= 11 is 0. The molecule has 0 radical (unpaired) electrons. The van der Waals surface area contributed by atoms with Gasteiger partial charge in [-0.15, -0.1) is 0 Å². The van der Waals surface area contributed by atoms with Gasteiger partial charge >= 0.3 is 0 Å². The van der Waals surface area contributed by atoms with Gasteiger partial charge < -0.3 is 24.5 Å². The Bertz CT molecular complexity index is 872. The van der Waals surface area contributed by atoms with Crippen LogP contribution in [0.5, 0.6) is 0 Å². The molecule has 2 saturated heterocycles. The minimum atomic E-state index is -1.24. The lowest BCUT2D eigenvalue weighted by Crippen LogP contribution is -2.57. The number of ether oxygens (including phenoxy) is 1. The highest BCUT2D eigenvalue weighted by atomic mass is 16.5. The monoisotopic (exact) mass is 459 g/mol. The molecule has 4 aliphatic heterocycles. The SMILES string of the molecule is CCCC(C)N1CC=C[C@]23O[C@@]4(C)C=CCN(CCC)C(=O)[C@H]4[C@H]2C(=O)N(CCO)C3C1=O. The standard InChI is InChI=1S/C25H37N3O5/c1-5-9-17(3)27-14-8-11-25-19(22(31)28(15-16-29)20(25)23(27)32)18-21(30)26(12-6-2)13-7-10-24(18,4)33-25/h7-8,10-11,17-20,29H,5-6,9,12-16H2,1-4H3/t17?,18-,19+,20?,24+,25+/m1/s1. The van der Waals surface area contributed by atoms with Gasteiger partial charge in [-0.25, -0.2) is 0 Å². The zero-order chi connectivity index (χ0) is 24.0. The first-order valence-electron chi connectivity index (χ1n) is 12.3. The van der Waals surface area contributed by atoms with E-state index in [1.165, 1.54) is 4.90 Å². The minimum absolute atomic E-state index is 0.0106. The van der Waals surface area contributed by atoms with Crippen molar-refractivity contribution < 1.29 is 24.2 Å². The van der Waals surface area contributed by atoms with Crippen LogP contribution in [-0.2, 0) is 19.1 Å². The Kier molecular flexibility index (Phi) is 6.44. The second-order valence-electron chi connectivity index (χ2n) is 9.97. The van der Waals surface area contributed by atoms with Gasteiger partial charge in [-0.1, -0.05) is 44.6 Å². The van der Waals surface area contributed by atoms with Crippen molar-refractivity contribution >= 4 is 17.7 Å². The van der Waals surface area contributed by atoms with Gasteiger partial charge in [0.2, 0.25) is 17.7 Å². The number of carbonyl (C=O) groups excluding carboxylic acids is 3. The van der Waals surface area contributed by atoms with Crippen LogP contribution in [0.2, 0.25) is 0 Å². The predicted molar refractivity (Wildman–Crippen MR) is 123 cm³/mol. The normalized spacial score (nSPS) is 36.6. The summed E-state index contributed by atoms with van der Waals surface area (Å²) in [4.78, 5) is 46.6. The number of hydrogen-bond donors (Lipinski definition) is 1. The Labute approximate surface area is 196 Å². The molecule has 3 amide bonds. The largest absolute Gasteiger partial charge is 0.395 e. The molecular formula is C25H37N3O5. The molecule has 0 aromatic heterocycles. The predicted octanol–water partition coefficient (Wildman–Crippen LogP) is 1.35. The average Bonchev–Trinajstić information content (AvgIpc) is 3.02. The Hall–Kier alpha value is -2.19. The Balaban J connectivity index is 1.83. The van der Waals surface area contributed by atoms with Crippen LogP contribution in [-0.4, -0.2) is 93.6 Å². The number of carbonyl (C=O) groups is 3. The third-order valence-corrected chi connectivity index (χ3v) is 7.74. The highest BCUT2D eigenvalue weighted by Gasteiger charge is 2.74. The van der Waals surface area contributed by atoms with Crippen molar-refractivity contribution in [2.75, 3.05) is 32.8 Å². The Morgan fingerprint density at radius 2 is 1.76 bits per heavy atom. The van der Waals surface area contributed by atoms with Gasteiger partial charge in [0.05, 0.1) is 24.0 Å². The highest BCUT2D eigenvalue weighted by Crippen LogP contribution is 2.57. The van der Waals surface area contributed by atoms with Gasteiger partial charge in [0, 0.05) is 32.2 Å². The third-order valence-electron chi connectivity index (χ3n) is 7.74. The summed E-state index contributed by atoms with van der Waals surface area (Å²) in [7, 11) is 0. The van der Waals surface area contributed by atoms with Gasteiger partial charge in [-0.3, -0.25) is 14.4 Å². The number of fused-ring (bicyclic) bond motifs is 2. The summed E-state index contributed by atoms with van der Waals surface area (Å²) < 4.78 is 6.72. The van der Waals surface area contributed by atoms with Gasteiger partial charge in [0.1, 0.15) is 11.6 Å². The molecule has 33 heavy (non-hydrogen) atoms. The molecule has 0 aromatic rings. The summed E-state index contributed by atoms with van der Waals surface area (Å²) in [5, 5.41) is 9.74. The number of aliphatic hydroxyl groups excluding tert-OH is 1. The van der Waals surface area contributed by atoms with Crippen molar-refractivity contribution in [2.24, 2.45) is 11.8 Å². The molecule has 6 atom stereocenters.